The van der Waals surface area contributed by atoms with Crippen LogP contribution in [0.25, 0.3) is 0 Å². The monoisotopic (exact) mass is 516 g/mol. The van der Waals surface area contributed by atoms with Crippen molar-refractivity contribution in [2.45, 2.75) is 36.4 Å². The SMILES string of the molecule is O=C(N[C@@H](Cc1cccs1)C(=O)NC1CCCN(S(=O)(=O)c2ccccn2)CC1=O)c1ccco1. The average Bonchev–Trinajstić information content (AvgIpc) is 3.54. The number of carbonyl (C=O) groups is 3. The van der Waals surface area contributed by atoms with Crippen LogP contribution in [0.1, 0.15) is 28.3 Å². The molecule has 0 saturated carbocycles. The van der Waals surface area contributed by atoms with E-state index in [0.717, 1.165) is 9.18 Å². The van der Waals surface area contributed by atoms with E-state index in [-0.39, 0.29) is 36.7 Å². The fraction of sp³-hybridized carbons (Fsp3) is 0.304. The van der Waals surface area contributed by atoms with Gasteiger partial charge in [-0.3, -0.25) is 14.4 Å². The van der Waals surface area contributed by atoms with Crippen LogP contribution in [-0.4, -0.2) is 60.5 Å². The van der Waals surface area contributed by atoms with E-state index in [2.05, 4.69) is 15.6 Å². The number of furan rings is 1. The smallest absolute Gasteiger partial charge is 0.287 e. The minimum Gasteiger partial charge on any atom is -0.459 e. The number of nitrogens with one attached hydrogen (secondary N) is 2. The molecule has 184 valence electrons. The maximum Gasteiger partial charge on any atom is 0.287 e. The first-order chi connectivity index (χ1) is 16.8. The molecule has 1 fully saturated rings. The molecule has 1 unspecified atom stereocenters. The van der Waals surface area contributed by atoms with E-state index in [1.165, 1.54) is 35.9 Å². The van der Waals surface area contributed by atoms with Crippen molar-refractivity contribution in [1.29, 1.82) is 0 Å². The first-order valence-corrected chi connectivity index (χ1v) is 13.3. The van der Waals surface area contributed by atoms with Gasteiger partial charge in [0, 0.05) is 24.0 Å². The molecule has 3 aromatic rings. The number of rotatable bonds is 8. The number of hydrogen-bond acceptors (Lipinski definition) is 8. The Bertz CT molecular complexity index is 1260. The van der Waals surface area contributed by atoms with E-state index in [0.29, 0.717) is 6.42 Å². The van der Waals surface area contributed by atoms with Gasteiger partial charge < -0.3 is 15.1 Å². The quantitative estimate of drug-likeness (QED) is 0.464. The van der Waals surface area contributed by atoms with Crippen molar-refractivity contribution >= 4 is 39.0 Å². The minimum atomic E-state index is -3.94. The second-order valence-electron chi connectivity index (χ2n) is 7.96. The van der Waals surface area contributed by atoms with Gasteiger partial charge in [0.1, 0.15) is 6.04 Å². The highest BCUT2D eigenvalue weighted by Crippen LogP contribution is 2.18. The molecule has 10 nitrogen and oxygen atoms in total. The average molecular weight is 517 g/mol. The topological polar surface area (TPSA) is 139 Å². The molecule has 4 heterocycles. The summed E-state index contributed by atoms with van der Waals surface area (Å²) in [4.78, 5) is 43.4. The molecule has 2 amide bonds. The summed E-state index contributed by atoms with van der Waals surface area (Å²) in [6.45, 7) is -0.247. The van der Waals surface area contributed by atoms with Gasteiger partial charge in [0.15, 0.2) is 16.6 Å². The number of ketones is 1. The predicted octanol–water partition coefficient (Wildman–Crippen LogP) is 1.62. The largest absolute Gasteiger partial charge is 0.459 e. The summed E-state index contributed by atoms with van der Waals surface area (Å²) >= 11 is 1.44. The highest BCUT2D eigenvalue weighted by molar-refractivity contribution is 7.89. The van der Waals surface area contributed by atoms with E-state index >= 15 is 0 Å². The van der Waals surface area contributed by atoms with Crippen LogP contribution in [0.15, 0.2) is 69.7 Å². The maximum atomic E-state index is 13.2. The number of aromatic nitrogens is 1. The van der Waals surface area contributed by atoms with Gasteiger partial charge in [-0.2, -0.15) is 4.31 Å². The van der Waals surface area contributed by atoms with E-state index in [1.807, 2.05) is 17.5 Å². The van der Waals surface area contributed by atoms with E-state index in [4.69, 9.17) is 4.42 Å². The molecule has 2 atom stereocenters. The minimum absolute atomic E-state index is 0.0647. The van der Waals surface area contributed by atoms with Gasteiger partial charge >= 0.3 is 0 Å². The summed E-state index contributed by atoms with van der Waals surface area (Å²) < 4.78 is 32.0. The Morgan fingerprint density at radius 1 is 1.20 bits per heavy atom. The Morgan fingerprint density at radius 3 is 2.74 bits per heavy atom. The van der Waals surface area contributed by atoms with Crippen LogP contribution in [0.5, 0.6) is 0 Å². The number of Topliss-reactive ketones (excluding diaryl/α,β-unsaturated/α-hetero) is 1. The molecule has 35 heavy (non-hydrogen) atoms. The molecular weight excluding hydrogens is 492 g/mol. The first kappa shape index (κ1) is 24.8. The van der Waals surface area contributed by atoms with Crippen LogP contribution in [0, 0.1) is 0 Å². The standard InChI is InChI=1S/C23H24N4O6S2/c28-19-15-27(35(31,32)21-9-1-2-10-24-21)11-3-7-17(19)25-22(29)18(14-16-6-5-13-34-16)26-23(30)20-8-4-12-33-20/h1-2,4-6,8-10,12-13,17-18H,3,7,11,14-15H2,(H,25,29)(H,26,30)/t17?,18-/m0/s1. The molecule has 0 bridgehead atoms. The number of amides is 2. The van der Waals surface area contributed by atoms with Crippen LogP contribution in [0.4, 0.5) is 0 Å². The zero-order valence-corrected chi connectivity index (χ0v) is 20.3. The third-order valence-electron chi connectivity index (χ3n) is 5.53. The fourth-order valence-electron chi connectivity index (χ4n) is 3.73. The van der Waals surface area contributed by atoms with E-state index in [1.54, 1.807) is 18.2 Å². The van der Waals surface area contributed by atoms with Crippen LogP contribution in [0.3, 0.4) is 0 Å². The first-order valence-electron chi connectivity index (χ1n) is 11.0. The highest BCUT2D eigenvalue weighted by atomic mass is 32.2. The lowest BCUT2D eigenvalue weighted by molar-refractivity contribution is -0.128. The summed E-state index contributed by atoms with van der Waals surface area (Å²) in [5, 5.41) is 7.12. The Labute approximate surface area is 206 Å². The molecule has 0 aromatic carbocycles. The Hall–Kier alpha value is -3.35. The van der Waals surface area contributed by atoms with Gasteiger partial charge in [-0.1, -0.05) is 12.1 Å². The molecule has 12 heteroatoms. The van der Waals surface area contributed by atoms with Crippen molar-refractivity contribution in [2.24, 2.45) is 0 Å². The summed E-state index contributed by atoms with van der Waals surface area (Å²) in [6, 6.07) is 9.46. The highest BCUT2D eigenvalue weighted by Gasteiger charge is 2.35. The third-order valence-corrected chi connectivity index (χ3v) is 8.19. The second-order valence-corrected chi connectivity index (χ2v) is 10.9. The third kappa shape index (κ3) is 6.02. The maximum absolute atomic E-state index is 13.2. The predicted molar refractivity (Wildman–Crippen MR) is 127 cm³/mol. The number of carbonyl (C=O) groups excluding carboxylic acids is 3. The van der Waals surface area contributed by atoms with Crippen LogP contribution in [-0.2, 0) is 26.0 Å². The molecule has 0 aliphatic carbocycles. The number of hydrogen-bond donors (Lipinski definition) is 2. The van der Waals surface area contributed by atoms with Crippen LogP contribution < -0.4 is 10.6 Å². The lowest BCUT2D eigenvalue weighted by Crippen LogP contribution is -2.53. The van der Waals surface area contributed by atoms with E-state index in [9.17, 15) is 22.8 Å². The fourth-order valence-corrected chi connectivity index (χ4v) is 5.86. The molecule has 1 saturated heterocycles. The molecule has 2 N–H and O–H groups in total. The molecular formula is C23H24N4O6S2. The Kier molecular flexibility index (Phi) is 7.73. The van der Waals surface area contributed by atoms with Gasteiger partial charge in [0.2, 0.25) is 5.91 Å². The van der Waals surface area contributed by atoms with Crippen molar-refractivity contribution in [3.05, 3.63) is 70.9 Å². The lowest BCUT2D eigenvalue weighted by atomic mass is 10.1. The summed E-state index contributed by atoms with van der Waals surface area (Å²) in [6.07, 6.45) is 3.61. The number of pyridine rings is 1. The Balaban J connectivity index is 1.45. The van der Waals surface area contributed by atoms with Crippen molar-refractivity contribution < 1.29 is 27.2 Å². The normalized spacial score (nSPS) is 17.9. The zero-order chi connectivity index (χ0) is 24.8. The zero-order valence-electron chi connectivity index (χ0n) is 18.6. The van der Waals surface area contributed by atoms with Crippen molar-refractivity contribution in [2.75, 3.05) is 13.1 Å². The molecule has 0 radical (unpaired) electrons. The van der Waals surface area contributed by atoms with Crippen LogP contribution >= 0.6 is 11.3 Å². The van der Waals surface area contributed by atoms with Crippen molar-refractivity contribution in [3.63, 3.8) is 0 Å². The summed E-state index contributed by atoms with van der Waals surface area (Å²) in [5.41, 5.74) is 0. The van der Waals surface area contributed by atoms with Crippen molar-refractivity contribution in [3.8, 4) is 0 Å². The lowest BCUT2D eigenvalue weighted by Gasteiger charge is -2.22. The van der Waals surface area contributed by atoms with Gasteiger partial charge in [-0.05, 0) is 48.6 Å². The molecule has 4 rings (SSSR count). The van der Waals surface area contributed by atoms with Crippen molar-refractivity contribution in [1.82, 2.24) is 19.9 Å². The second kappa shape index (κ2) is 10.9. The molecule has 1 aliphatic rings. The number of nitrogens with zero attached hydrogens (tertiary/aromatic N) is 2. The summed E-state index contributed by atoms with van der Waals surface area (Å²) in [5.74, 6) is -1.44. The molecule has 3 aromatic heterocycles. The van der Waals surface area contributed by atoms with Gasteiger partial charge in [0.25, 0.3) is 15.9 Å². The van der Waals surface area contributed by atoms with Gasteiger partial charge in [-0.15, -0.1) is 11.3 Å². The molecule has 0 spiro atoms. The molecule has 1 aliphatic heterocycles. The Morgan fingerprint density at radius 2 is 2.06 bits per heavy atom. The number of sulfonamides is 1. The van der Waals surface area contributed by atoms with Gasteiger partial charge in [0.05, 0.1) is 18.8 Å². The number of thiophene rings is 1. The van der Waals surface area contributed by atoms with Gasteiger partial charge in [-0.25, -0.2) is 13.4 Å². The summed E-state index contributed by atoms with van der Waals surface area (Å²) in [7, 11) is -3.94. The van der Waals surface area contributed by atoms with Crippen LogP contribution in [0.2, 0.25) is 0 Å². The van der Waals surface area contributed by atoms with E-state index < -0.39 is 39.7 Å².